The van der Waals surface area contributed by atoms with Crippen molar-refractivity contribution in [1.29, 1.82) is 0 Å². The van der Waals surface area contributed by atoms with Gasteiger partial charge in [0.1, 0.15) is 6.10 Å². The number of hydrogen-bond donors (Lipinski definition) is 0. The highest BCUT2D eigenvalue weighted by molar-refractivity contribution is 6.21. The first kappa shape index (κ1) is 16.7. The molecule has 0 aliphatic carbocycles. The van der Waals surface area contributed by atoms with Crippen molar-refractivity contribution in [3.8, 4) is 0 Å². The van der Waals surface area contributed by atoms with Gasteiger partial charge in [-0.05, 0) is 19.1 Å². The minimum Gasteiger partial charge on any atom is -0.469 e. The zero-order chi connectivity index (χ0) is 17.1. The van der Waals surface area contributed by atoms with Gasteiger partial charge in [-0.15, -0.1) is 0 Å². The van der Waals surface area contributed by atoms with E-state index in [1.54, 1.807) is 24.3 Å². The number of amides is 2. The van der Waals surface area contributed by atoms with Gasteiger partial charge in [0.05, 0.1) is 30.7 Å². The molecule has 0 fully saturated rings. The van der Waals surface area contributed by atoms with Gasteiger partial charge < -0.3 is 9.47 Å². The van der Waals surface area contributed by atoms with E-state index in [0.717, 1.165) is 4.90 Å². The molecular weight excluding hydrogens is 302 g/mol. The molecule has 122 valence electrons. The fourth-order valence-electron chi connectivity index (χ4n) is 2.43. The molecule has 7 nitrogen and oxygen atoms in total. The lowest BCUT2D eigenvalue weighted by atomic mass is 10.0. The Morgan fingerprint density at radius 1 is 1.13 bits per heavy atom. The van der Waals surface area contributed by atoms with Crippen LogP contribution >= 0.6 is 0 Å². The molecule has 0 spiro atoms. The Bertz CT molecular complexity index is 633. The lowest BCUT2D eigenvalue weighted by molar-refractivity contribution is -0.158. The monoisotopic (exact) mass is 319 g/mol. The predicted octanol–water partition coefficient (Wildman–Crippen LogP) is 1.02. The van der Waals surface area contributed by atoms with Crippen molar-refractivity contribution in [2.75, 3.05) is 13.7 Å². The molecule has 23 heavy (non-hydrogen) atoms. The van der Waals surface area contributed by atoms with Crippen LogP contribution in [0.5, 0.6) is 0 Å². The van der Waals surface area contributed by atoms with Crippen molar-refractivity contribution in [2.45, 2.75) is 20.0 Å². The predicted molar refractivity (Wildman–Crippen MR) is 78.5 cm³/mol. The van der Waals surface area contributed by atoms with E-state index in [2.05, 4.69) is 4.74 Å². The molecule has 0 saturated heterocycles. The highest BCUT2D eigenvalue weighted by Gasteiger charge is 2.39. The van der Waals surface area contributed by atoms with E-state index in [1.807, 2.05) is 0 Å². The number of rotatable bonds is 5. The van der Waals surface area contributed by atoms with Crippen molar-refractivity contribution in [3.63, 3.8) is 0 Å². The van der Waals surface area contributed by atoms with E-state index in [4.69, 9.17) is 4.74 Å². The maximum absolute atomic E-state index is 12.3. The van der Waals surface area contributed by atoms with Gasteiger partial charge in [0.2, 0.25) is 0 Å². The molecule has 1 aromatic rings. The lowest BCUT2D eigenvalue weighted by Gasteiger charge is -2.25. The first-order chi connectivity index (χ1) is 10.9. The standard InChI is InChI=1S/C16H17NO6/c1-9(16(21)22-3)13(23-10(2)18)8-17-14(19)11-6-4-5-7-12(11)15(17)20/h4-7,9,13H,8H2,1-3H3/t9-,13+/m1/s1. The van der Waals surface area contributed by atoms with Crippen LogP contribution in [-0.4, -0.2) is 48.4 Å². The minimum atomic E-state index is -0.970. The Hall–Kier alpha value is -2.70. The molecule has 1 heterocycles. The smallest absolute Gasteiger partial charge is 0.312 e. The summed E-state index contributed by atoms with van der Waals surface area (Å²) in [7, 11) is 1.21. The molecule has 1 aliphatic rings. The number of imide groups is 1. The number of methoxy groups -OCH3 is 1. The van der Waals surface area contributed by atoms with E-state index in [0.29, 0.717) is 11.1 Å². The molecule has 7 heteroatoms. The molecule has 0 unspecified atom stereocenters. The number of fused-ring (bicyclic) bond motifs is 1. The van der Waals surface area contributed by atoms with E-state index in [-0.39, 0.29) is 6.54 Å². The van der Waals surface area contributed by atoms with Gasteiger partial charge in [-0.1, -0.05) is 12.1 Å². The van der Waals surface area contributed by atoms with E-state index in [1.165, 1.54) is 21.0 Å². The van der Waals surface area contributed by atoms with Gasteiger partial charge in [0.25, 0.3) is 11.8 Å². The molecule has 1 aliphatic heterocycles. The highest BCUT2D eigenvalue weighted by Crippen LogP contribution is 2.24. The molecule has 2 rings (SSSR count). The van der Waals surface area contributed by atoms with E-state index < -0.39 is 35.8 Å². The van der Waals surface area contributed by atoms with E-state index in [9.17, 15) is 19.2 Å². The Morgan fingerprint density at radius 2 is 1.65 bits per heavy atom. The summed E-state index contributed by atoms with van der Waals surface area (Å²) in [5.74, 6) is -2.96. The third kappa shape index (κ3) is 3.23. The van der Waals surface area contributed by atoms with Crippen molar-refractivity contribution in [3.05, 3.63) is 35.4 Å². The average molecular weight is 319 g/mol. The molecular formula is C16H17NO6. The summed E-state index contributed by atoms with van der Waals surface area (Å²) in [6.45, 7) is 2.50. The van der Waals surface area contributed by atoms with Gasteiger partial charge in [-0.25, -0.2) is 0 Å². The normalized spacial score (nSPS) is 15.9. The Morgan fingerprint density at radius 3 is 2.09 bits per heavy atom. The third-order valence-corrected chi connectivity index (χ3v) is 3.69. The maximum atomic E-state index is 12.3. The molecule has 0 bridgehead atoms. The SMILES string of the molecule is COC(=O)[C@H](C)[C@H](CN1C(=O)c2ccccc2C1=O)OC(C)=O. The first-order valence-electron chi connectivity index (χ1n) is 7.07. The minimum absolute atomic E-state index is 0.206. The van der Waals surface area contributed by atoms with Crippen LogP contribution in [0.4, 0.5) is 0 Å². The van der Waals surface area contributed by atoms with Crippen molar-refractivity contribution in [2.24, 2.45) is 5.92 Å². The Kier molecular flexibility index (Phi) is 4.78. The number of esters is 2. The third-order valence-electron chi connectivity index (χ3n) is 3.69. The van der Waals surface area contributed by atoms with Crippen LogP contribution < -0.4 is 0 Å². The summed E-state index contributed by atoms with van der Waals surface area (Å²) in [5, 5.41) is 0. The second-order valence-electron chi connectivity index (χ2n) is 5.23. The van der Waals surface area contributed by atoms with Crippen LogP contribution in [0.15, 0.2) is 24.3 Å². The molecule has 1 aromatic carbocycles. The second-order valence-corrected chi connectivity index (χ2v) is 5.23. The summed E-state index contributed by atoms with van der Waals surface area (Å²) in [4.78, 5) is 48.6. The van der Waals surface area contributed by atoms with Crippen LogP contribution in [0.3, 0.4) is 0 Å². The van der Waals surface area contributed by atoms with Crippen molar-refractivity contribution < 1.29 is 28.7 Å². The lowest BCUT2D eigenvalue weighted by Crippen LogP contribution is -2.43. The molecule has 0 N–H and O–H groups in total. The van der Waals surface area contributed by atoms with Crippen molar-refractivity contribution in [1.82, 2.24) is 4.90 Å². The fourth-order valence-corrected chi connectivity index (χ4v) is 2.43. The topological polar surface area (TPSA) is 90.0 Å². The number of carbonyl (C=O) groups excluding carboxylic acids is 4. The molecule has 2 amide bonds. The van der Waals surface area contributed by atoms with Crippen molar-refractivity contribution >= 4 is 23.8 Å². The van der Waals surface area contributed by atoms with Crippen LogP contribution in [0.25, 0.3) is 0 Å². The Labute approximate surface area is 133 Å². The number of nitrogens with zero attached hydrogens (tertiary/aromatic N) is 1. The fraction of sp³-hybridized carbons (Fsp3) is 0.375. The zero-order valence-corrected chi connectivity index (χ0v) is 13.1. The summed E-state index contributed by atoms with van der Waals surface area (Å²) < 4.78 is 9.74. The average Bonchev–Trinajstić information content (AvgIpc) is 2.77. The summed E-state index contributed by atoms with van der Waals surface area (Å²) in [6.07, 6.45) is -0.970. The zero-order valence-electron chi connectivity index (χ0n) is 13.1. The van der Waals surface area contributed by atoms with Gasteiger partial charge in [0, 0.05) is 6.92 Å². The summed E-state index contributed by atoms with van der Waals surface area (Å²) in [6, 6.07) is 6.43. The maximum Gasteiger partial charge on any atom is 0.312 e. The van der Waals surface area contributed by atoms with Crippen LogP contribution in [0.1, 0.15) is 34.6 Å². The molecule has 0 saturated carbocycles. The van der Waals surface area contributed by atoms with Crippen LogP contribution in [0.2, 0.25) is 0 Å². The number of ether oxygens (including phenoxy) is 2. The quantitative estimate of drug-likeness (QED) is 0.594. The van der Waals surface area contributed by atoms with Gasteiger partial charge >= 0.3 is 11.9 Å². The first-order valence-corrected chi connectivity index (χ1v) is 7.07. The second kappa shape index (κ2) is 6.60. The molecule has 0 aromatic heterocycles. The van der Waals surface area contributed by atoms with Gasteiger partial charge in [-0.2, -0.15) is 0 Å². The van der Waals surface area contributed by atoms with Crippen LogP contribution in [-0.2, 0) is 19.1 Å². The highest BCUT2D eigenvalue weighted by atomic mass is 16.6. The number of hydrogen-bond acceptors (Lipinski definition) is 6. The number of carbonyl (C=O) groups is 4. The molecule has 2 atom stereocenters. The summed E-state index contributed by atoms with van der Waals surface area (Å²) >= 11 is 0. The number of benzene rings is 1. The van der Waals surface area contributed by atoms with E-state index >= 15 is 0 Å². The largest absolute Gasteiger partial charge is 0.469 e. The van der Waals surface area contributed by atoms with Crippen LogP contribution in [0, 0.1) is 5.92 Å². The van der Waals surface area contributed by atoms with Gasteiger partial charge in [0.15, 0.2) is 0 Å². The van der Waals surface area contributed by atoms with Gasteiger partial charge in [-0.3, -0.25) is 24.1 Å². The molecule has 0 radical (unpaired) electrons. The Balaban J connectivity index is 2.24. The summed E-state index contributed by atoms with van der Waals surface area (Å²) in [5.41, 5.74) is 0.592.